The summed E-state index contributed by atoms with van der Waals surface area (Å²) in [5, 5.41) is 14.5. The summed E-state index contributed by atoms with van der Waals surface area (Å²) >= 11 is 0. The van der Waals surface area contributed by atoms with Crippen molar-refractivity contribution in [1.29, 1.82) is 0 Å². The number of carbonyl (C=O) groups is 1. The number of sulfone groups is 1. The minimum Gasteiger partial charge on any atom is -0.493 e. The van der Waals surface area contributed by atoms with Crippen LogP contribution in [0.4, 0.5) is 0 Å². The molecule has 0 aliphatic carbocycles. The van der Waals surface area contributed by atoms with Gasteiger partial charge in [0.05, 0.1) is 24.7 Å². The molecule has 222 valence electrons. The summed E-state index contributed by atoms with van der Waals surface area (Å²) in [5.41, 5.74) is 9.63. The summed E-state index contributed by atoms with van der Waals surface area (Å²) in [5.74, 6) is 1.57. The number of ether oxygens (including phenoxy) is 4. The molecule has 3 aliphatic rings. The van der Waals surface area contributed by atoms with E-state index in [0.717, 1.165) is 5.56 Å². The van der Waals surface area contributed by atoms with E-state index in [4.69, 9.17) is 18.9 Å². The van der Waals surface area contributed by atoms with Gasteiger partial charge in [-0.25, -0.2) is 13.9 Å². The number of likely N-dealkylation sites (tertiary alicyclic amines) is 1. The first-order valence-corrected chi connectivity index (χ1v) is 14.8. The second-order valence-electron chi connectivity index (χ2n) is 9.86. The monoisotopic (exact) mass is 590 g/mol. The number of amides is 1. The van der Waals surface area contributed by atoms with E-state index in [1.807, 2.05) is 23.1 Å². The third-order valence-corrected chi connectivity index (χ3v) is 9.95. The van der Waals surface area contributed by atoms with E-state index in [1.165, 1.54) is 12.1 Å². The highest BCUT2D eigenvalue weighted by molar-refractivity contribution is 7.93. The SMILES string of the molecule is COCCN1CCC(C(=O)NO)(S(=O)(=O)c2ccc(OCCC[NH+]3N=C(c4ccc5c(c4)OCO5)N[N-]3)cc2)CC1. The summed E-state index contributed by atoms with van der Waals surface area (Å²) in [6, 6.07) is 11.6. The molecule has 3 heterocycles. The number of rotatable bonds is 12. The van der Waals surface area contributed by atoms with Crippen molar-refractivity contribution in [3.05, 3.63) is 53.6 Å². The van der Waals surface area contributed by atoms with Gasteiger partial charge in [0.2, 0.25) is 6.79 Å². The number of benzene rings is 2. The first-order chi connectivity index (χ1) is 19.9. The molecule has 1 saturated heterocycles. The van der Waals surface area contributed by atoms with E-state index in [-0.39, 0.29) is 24.5 Å². The molecule has 3 aliphatic heterocycles. The highest BCUT2D eigenvalue weighted by atomic mass is 32.2. The molecular weight excluding hydrogens is 556 g/mol. The van der Waals surface area contributed by atoms with Crippen molar-refractivity contribution in [2.45, 2.75) is 28.9 Å². The zero-order valence-electron chi connectivity index (χ0n) is 22.7. The summed E-state index contributed by atoms with van der Waals surface area (Å²) < 4.78 is 47.2. The number of nitrogens with zero attached hydrogens (tertiary/aromatic N) is 3. The number of quaternary nitrogens is 1. The van der Waals surface area contributed by atoms with Gasteiger partial charge in [0.25, 0.3) is 5.91 Å². The van der Waals surface area contributed by atoms with Crippen LogP contribution in [0.15, 0.2) is 52.5 Å². The van der Waals surface area contributed by atoms with Crippen molar-refractivity contribution in [1.82, 2.24) is 15.8 Å². The Bertz CT molecular complexity index is 1360. The minimum atomic E-state index is -4.10. The molecule has 14 nitrogen and oxygen atoms in total. The molecule has 0 saturated carbocycles. The maximum atomic E-state index is 13.6. The van der Waals surface area contributed by atoms with Crippen LogP contribution in [0.5, 0.6) is 17.2 Å². The Morgan fingerprint density at radius 2 is 1.93 bits per heavy atom. The molecule has 5 rings (SSSR count). The number of nitrogens with one attached hydrogen (secondary N) is 3. The standard InChI is InChI=1S/C26H34N6O8S/c1-37-16-14-31-12-9-26(10-13-31,25(33)29-34)41(35,36)21-6-4-20(5-7-21)38-15-2-11-32-28-24(27-30-32)19-3-8-22-23(17-19)40-18-39-22/h3-8,17,32,34H,2,9-16,18H2,1H3,(H,27,28)(H,29,33). The number of hydrogen-bond donors (Lipinski definition) is 4. The molecule has 0 aromatic heterocycles. The molecule has 0 bridgehead atoms. The van der Waals surface area contributed by atoms with Crippen molar-refractivity contribution < 1.29 is 42.5 Å². The number of fused-ring (bicyclic) bond motifs is 1. The average molecular weight is 591 g/mol. The highest BCUT2D eigenvalue weighted by Gasteiger charge is 2.52. The van der Waals surface area contributed by atoms with Gasteiger partial charge in [0, 0.05) is 38.7 Å². The zero-order valence-corrected chi connectivity index (χ0v) is 23.5. The van der Waals surface area contributed by atoms with Crippen molar-refractivity contribution in [2.24, 2.45) is 5.10 Å². The summed E-state index contributed by atoms with van der Waals surface area (Å²) in [6.45, 7) is 3.07. The van der Waals surface area contributed by atoms with E-state index in [9.17, 15) is 18.4 Å². The van der Waals surface area contributed by atoms with E-state index in [0.29, 0.717) is 74.0 Å². The Labute approximate surface area is 238 Å². The lowest BCUT2D eigenvalue weighted by molar-refractivity contribution is -0.867. The fourth-order valence-corrected chi connectivity index (χ4v) is 6.98. The average Bonchev–Trinajstić information content (AvgIpc) is 3.68. The zero-order chi connectivity index (χ0) is 28.9. The lowest BCUT2D eigenvalue weighted by atomic mass is 9.95. The van der Waals surface area contributed by atoms with Crippen molar-refractivity contribution in [3.63, 3.8) is 0 Å². The highest BCUT2D eigenvalue weighted by Crippen LogP contribution is 2.36. The number of piperidine rings is 1. The Hall–Kier alpha value is -3.47. The van der Waals surface area contributed by atoms with Crippen molar-refractivity contribution in [2.75, 3.05) is 53.3 Å². The molecule has 1 amide bonds. The van der Waals surface area contributed by atoms with Crippen molar-refractivity contribution in [3.8, 4) is 17.2 Å². The normalized spacial score (nSPS) is 19.9. The number of hydrogen-bond acceptors (Lipinski definition) is 11. The fraction of sp³-hybridized carbons (Fsp3) is 0.462. The van der Waals surface area contributed by atoms with E-state index in [1.54, 1.807) is 24.7 Å². The smallest absolute Gasteiger partial charge is 0.265 e. The molecule has 0 radical (unpaired) electrons. The lowest BCUT2D eigenvalue weighted by Gasteiger charge is -2.39. The Balaban J connectivity index is 1.14. The molecule has 1 unspecified atom stereocenters. The first-order valence-electron chi connectivity index (χ1n) is 13.3. The van der Waals surface area contributed by atoms with Gasteiger partial charge in [-0.1, -0.05) is 5.10 Å². The van der Waals surface area contributed by atoms with Crippen LogP contribution < -0.4 is 30.2 Å². The van der Waals surface area contributed by atoms with E-state index >= 15 is 0 Å². The molecule has 2 aromatic rings. The predicted octanol–water partition coefficient (Wildman–Crippen LogP) is -0.00210. The van der Waals surface area contributed by atoms with Crippen LogP contribution in [0.1, 0.15) is 24.8 Å². The predicted molar refractivity (Wildman–Crippen MR) is 145 cm³/mol. The lowest BCUT2D eigenvalue weighted by Crippen LogP contribution is -3.02. The molecule has 1 atom stereocenters. The second-order valence-corrected chi connectivity index (χ2v) is 12.1. The van der Waals surface area contributed by atoms with Gasteiger partial charge < -0.3 is 34.8 Å². The van der Waals surface area contributed by atoms with Crippen LogP contribution in [0.25, 0.3) is 5.53 Å². The molecule has 15 heteroatoms. The van der Waals surface area contributed by atoms with E-state index < -0.39 is 20.5 Å². The van der Waals surface area contributed by atoms with Crippen LogP contribution in [0.3, 0.4) is 0 Å². The van der Waals surface area contributed by atoms with Crippen LogP contribution in [0, 0.1) is 0 Å². The third kappa shape index (κ3) is 6.10. The van der Waals surface area contributed by atoms with Gasteiger partial charge >= 0.3 is 0 Å². The largest absolute Gasteiger partial charge is 0.493 e. The molecule has 4 N–H and O–H groups in total. The third-order valence-electron chi connectivity index (χ3n) is 7.43. The van der Waals surface area contributed by atoms with Crippen LogP contribution in [-0.2, 0) is 19.4 Å². The summed E-state index contributed by atoms with van der Waals surface area (Å²) in [7, 11) is -2.50. The quantitative estimate of drug-likeness (QED) is 0.150. The molecule has 41 heavy (non-hydrogen) atoms. The Morgan fingerprint density at radius 3 is 2.66 bits per heavy atom. The number of methoxy groups -OCH3 is 1. The van der Waals surface area contributed by atoms with Gasteiger partial charge in [-0.2, -0.15) is 0 Å². The molecular formula is C26H34N6O8S. The van der Waals surface area contributed by atoms with Gasteiger partial charge in [-0.15, -0.1) is 0 Å². The number of hydroxylamine groups is 1. The number of amidine groups is 1. The topological polar surface area (TPSA) is 167 Å². The summed E-state index contributed by atoms with van der Waals surface area (Å²) in [4.78, 5) is 14.7. The van der Waals surface area contributed by atoms with Crippen LogP contribution in [-0.4, -0.2) is 88.3 Å². The van der Waals surface area contributed by atoms with Crippen LogP contribution in [0.2, 0.25) is 0 Å². The maximum Gasteiger partial charge on any atom is 0.265 e. The fourth-order valence-electron chi connectivity index (χ4n) is 5.02. The molecule has 1 fully saturated rings. The number of carbonyl (C=O) groups excluding carboxylic acids is 1. The summed E-state index contributed by atoms with van der Waals surface area (Å²) in [6.07, 6.45) is 0.750. The van der Waals surface area contributed by atoms with Crippen LogP contribution >= 0.6 is 0 Å². The Kier molecular flexibility index (Phi) is 8.91. The van der Waals surface area contributed by atoms with Gasteiger partial charge in [-0.3, -0.25) is 15.1 Å². The molecule has 2 aromatic carbocycles. The first kappa shape index (κ1) is 29.0. The van der Waals surface area contributed by atoms with E-state index in [2.05, 4.69) is 16.1 Å². The van der Waals surface area contributed by atoms with Crippen molar-refractivity contribution >= 4 is 21.6 Å². The maximum absolute atomic E-state index is 13.6. The van der Waals surface area contributed by atoms with Gasteiger partial charge in [0.1, 0.15) is 5.75 Å². The Morgan fingerprint density at radius 1 is 1.17 bits per heavy atom. The van der Waals surface area contributed by atoms with Gasteiger partial charge in [0.15, 0.2) is 31.9 Å². The molecule has 0 spiro atoms. The van der Waals surface area contributed by atoms with Gasteiger partial charge in [-0.05, 0) is 55.3 Å². The second kappa shape index (κ2) is 12.6. The minimum absolute atomic E-state index is 0.00411.